The number of pyridine rings is 1. The first-order valence-electron chi connectivity index (χ1n) is 8.72. The maximum absolute atomic E-state index is 12.6. The maximum Gasteiger partial charge on any atom is 0.433 e. The van der Waals surface area contributed by atoms with E-state index < -0.39 is 11.9 Å². The largest absolute Gasteiger partial charge is 0.473 e. The number of nitrogens with two attached hydrogens (primary N) is 1. The topological polar surface area (TPSA) is 89.3 Å². The van der Waals surface area contributed by atoms with Crippen LogP contribution < -0.4 is 21.3 Å². The van der Waals surface area contributed by atoms with Gasteiger partial charge in [-0.05, 0) is 24.1 Å². The summed E-state index contributed by atoms with van der Waals surface area (Å²) < 4.78 is 43.4. The highest BCUT2D eigenvalue weighted by molar-refractivity contribution is 5.54. The van der Waals surface area contributed by atoms with Crippen molar-refractivity contribution in [2.45, 2.75) is 40.0 Å². The van der Waals surface area contributed by atoms with Crippen LogP contribution in [0.4, 0.5) is 18.9 Å². The van der Waals surface area contributed by atoms with Gasteiger partial charge in [-0.25, -0.2) is 10.8 Å². The Balaban J connectivity index is 0.00000108. The first-order valence-corrected chi connectivity index (χ1v) is 8.72. The van der Waals surface area contributed by atoms with Crippen LogP contribution in [0, 0.1) is 0 Å². The Bertz CT molecular complexity index is 688. The number of hydrazine groups is 1. The summed E-state index contributed by atoms with van der Waals surface area (Å²) in [4.78, 5) is 12.4. The molecule has 0 fully saturated rings. The Morgan fingerprint density at radius 2 is 1.79 bits per heavy atom. The number of halogens is 3. The molecule has 0 aliphatic rings. The van der Waals surface area contributed by atoms with E-state index in [-0.39, 0.29) is 12.5 Å². The number of amides is 1. The van der Waals surface area contributed by atoms with Crippen molar-refractivity contribution in [1.82, 2.24) is 10.4 Å². The maximum atomic E-state index is 12.6. The number of benzene rings is 1. The number of ether oxygens (including phenoxy) is 1. The van der Waals surface area contributed by atoms with E-state index in [2.05, 4.69) is 16.1 Å². The number of aryl methyl sites for hydroxylation is 1. The predicted octanol–water partition coefficient (Wildman–Crippen LogP) is 3.92. The van der Waals surface area contributed by atoms with Crippen molar-refractivity contribution in [3.8, 4) is 5.88 Å². The van der Waals surface area contributed by atoms with Crippen LogP contribution in [0.5, 0.6) is 5.88 Å². The standard InChI is InChI=1S/C16H17F3N2O.C2H6.CH4N2O/c1-3-11-6-4-7-13(20-2)12(11)10-22-15-9-5-8-14(21-15)16(17,18)19;1-2;2-3-1-4/h4-9,20H,3,10H2,1-2H3;1-2H3;1H,2H2,(H,3,4). The first-order chi connectivity index (χ1) is 13.4. The van der Waals surface area contributed by atoms with Gasteiger partial charge < -0.3 is 10.1 Å². The predicted molar refractivity (Wildman–Crippen MR) is 104 cm³/mol. The molecule has 1 aromatic heterocycles. The highest BCUT2D eigenvalue weighted by Crippen LogP contribution is 2.29. The van der Waals surface area contributed by atoms with Gasteiger partial charge in [0.05, 0.1) is 0 Å². The monoisotopic (exact) mass is 400 g/mol. The normalized spacial score (nSPS) is 9.86. The molecule has 1 amide bonds. The summed E-state index contributed by atoms with van der Waals surface area (Å²) in [5.74, 6) is 4.37. The van der Waals surface area contributed by atoms with Gasteiger partial charge in [0.2, 0.25) is 12.3 Å². The van der Waals surface area contributed by atoms with E-state index in [4.69, 9.17) is 9.53 Å². The smallest absolute Gasteiger partial charge is 0.433 e. The van der Waals surface area contributed by atoms with Crippen molar-refractivity contribution in [1.29, 1.82) is 0 Å². The van der Waals surface area contributed by atoms with E-state index in [0.717, 1.165) is 29.3 Å². The van der Waals surface area contributed by atoms with Crippen molar-refractivity contribution in [3.63, 3.8) is 0 Å². The Morgan fingerprint density at radius 3 is 2.29 bits per heavy atom. The van der Waals surface area contributed by atoms with Gasteiger partial charge in [-0.1, -0.05) is 39.0 Å². The number of rotatable bonds is 6. The zero-order valence-corrected chi connectivity index (χ0v) is 16.4. The average Bonchev–Trinajstić information content (AvgIpc) is 2.73. The fraction of sp³-hybridized carbons (Fsp3) is 0.368. The molecule has 156 valence electrons. The molecule has 0 bridgehead atoms. The van der Waals surface area contributed by atoms with Gasteiger partial charge >= 0.3 is 6.18 Å². The van der Waals surface area contributed by atoms with Crippen LogP contribution in [-0.2, 0) is 24.0 Å². The van der Waals surface area contributed by atoms with Crippen LogP contribution in [-0.4, -0.2) is 18.4 Å². The Kier molecular flexibility index (Phi) is 12.0. The Hall–Kier alpha value is -2.81. The van der Waals surface area contributed by atoms with Crippen molar-refractivity contribution < 1.29 is 22.7 Å². The summed E-state index contributed by atoms with van der Waals surface area (Å²) in [6.45, 7) is 6.18. The highest BCUT2D eigenvalue weighted by Gasteiger charge is 2.32. The number of hydrogen-bond acceptors (Lipinski definition) is 5. The molecule has 6 nitrogen and oxygen atoms in total. The lowest BCUT2D eigenvalue weighted by molar-refractivity contribution is -0.141. The average molecular weight is 400 g/mol. The van der Waals surface area contributed by atoms with Crippen LogP contribution in [0.3, 0.4) is 0 Å². The summed E-state index contributed by atoms with van der Waals surface area (Å²) in [7, 11) is 1.79. The van der Waals surface area contributed by atoms with Gasteiger partial charge in [-0.2, -0.15) is 13.2 Å². The molecule has 4 N–H and O–H groups in total. The third-order valence-corrected chi connectivity index (χ3v) is 3.37. The van der Waals surface area contributed by atoms with E-state index >= 15 is 0 Å². The number of aromatic nitrogens is 1. The number of hydrogen-bond donors (Lipinski definition) is 3. The molecule has 0 saturated carbocycles. The summed E-state index contributed by atoms with van der Waals surface area (Å²) in [6, 6.07) is 9.43. The number of carbonyl (C=O) groups excluding carboxylic acids is 1. The lowest BCUT2D eigenvalue weighted by Crippen LogP contribution is -2.18. The molecule has 1 aromatic carbocycles. The van der Waals surface area contributed by atoms with Gasteiger partial charge in [-0.15, -0.1) is 0 Å². The van der Waals surface area contributed by atoms with E-state index in [1.54, 1.807) is 12.5 Å². The van der Waals surface area contributed by atoms with E-state index in [1.807, 2.05) is 39.0 Å². The molecule has 2 aromatic rings. The minimum atomic E-state index is -4.48. The van der Waals surface area contributed by atoms with Crippen molar-refractivity contribution >= 4 is 12.1 Å². The molecule has 1 heterocycles. The van der Waals surface area contributed by atoms with Crippen LogP contribution in [0.2, 0.25) is 0 Å². The first kappa shape index (κ1) is 25.2. The van der Waals surface area contributed by atoms with Gasteiger partial charge in [0.1, 0.15) is 12.3 Å². The van der Waals surface area contributed by atoms with E-state index in [1.165, 1.54) is 12.1 Å². The molecule has 0 aliphatic carbocycles. The van der Waals surface area contributed by atoms with Gasteiger partial charge in [0.15, 0.2) is 0 Å². The van der Waals surface area contributed by atoms with Crippen LogP contribution in [0.1, 0.15) is 37.6 Å². The van der Waals surface area contributed by atoms with E-state index in [0.29, 0.717) is 6.41 Å². The zero-order chi connectivity index (χ0) is 21.6. The Morgan fingerprint density at radius 1 is 1.18 bits per heavy atom. The molecule has 2 rings (SSSR count). The van der Waals surface area contributed by atoms with Crippen molar-refractivity contribution in [2.75, 3.05) is 12.4 Å². The summed E-state index contributed by atoms with van der Waals surface area (Å²) in [6.07, 6.45) is -3.26. The molecular weight excluding hydrogens is 373 g/mol. The number of nitrogens with zero attached hydrogens (tertiary/aromatic N) is 1. The molecule has 0 radical (unpaired) electrons. The molecule has 28 heavy (non-hydrogen) atoms. The Labute approximate surface area is 163 Å². The number of alkyl halides is 3. The zero-order valence-electron chi connectivity index (χ0n) is 16.4. The van der Waals surface area contributed by atoms with Gasteiger partial charge in [-0.3, -0.25) is 10.2 Å². The molecule has 0 aliphatic heterocycles. The number of nitrogens with one attached hydrogen (secondary N) is 2. The minimum absolute atomic E-state index is 0.0391. The van der Waals surface area contributed by atoms with Gasteiger partial charge in [0.25, 0.3) is 0 Å². The molecule has 0 spiro atoms. The van der Waals surface area contributed by atoms with Crippen LogP contribution in [0.25, 0.3) is 0 Å². The van der Waals surface area contributed by atoms with Crippen LogP contribution in [0.15, 0.2) is 36.4 Å². The molecular formula is C19H27F3N4O2. The molecule has 0 unspecified atom stereocenters. The van der Waals surface area contributed by atoms with Gasteiger partial charge in [0, 0.05) is 24.4 Å². The quantitative estimate of drug-likeness (QED) is 0.296. The third-order valence-electron chi connectivity index (χ3n) is 3.37. The number of carbonyl (C=O) groups is 1. The second-order valence-electron chi connectivity index (χ2n) is 4.98. The number of anilines is 1. The molecule has 0 atom stereocenters. The summed E-state index contributed by atoms with van der Waals surface area (Å²) >= 11 is 0. The minimum Gasteiger partial charge on any atom is -0.473 e. The fourth-order valence-electron chi connectivity index (χ4n) is 2.17. The van der Waals surface area contributed by atoms with Crippen molar-refractivity contribution in [3.05, 3.63) is 53.2 Å². The second kappa shape index (κ2) is 13.4. The second-order valence-corrected chi connectivity index (χ2v) is 4.98. The molecule has 9 heteroatoms. The lowest BCUT2D eigenvalue weighted by atomic mass is 10.0. The fourth-order valence-corrected chi connectivity index (χ4v) is 2.17. The van der Waals surface area contributed by atoms with Crippen LogP contribution >= 0.6 is 0 Å². The third kappa shape index (κ3) is 8.26. The SMILES string of the molecule is CC.CCc1cccc(NC)c1COc1cccc(C(F)(F)F)n1.NNC=O. The van der Waals surface area contributed by atoms with E-state index in [9.17, 15) is 13.2 Å². The summed E-state index contributed by atoms with van der Waals surface area (Å²) in [5, 5.41) is 3.06. The summed E-state index contributed by atoms with van der Waals surface area (Å²) in [5.41, 5.74) is 3.69. The van der Waals surface area contributed by atoms with Crippen molar-refractivity contribution in [2.24, 2.45) is 5.84 Å². The molecule has 0 saturated heterocycles. The highest BCUT2D eigenvalue weighted by atomic mass is 19.4. The lowest BCUT2D eigenvalue weighted by Gasteiger charge is -2.15.